The first-order chi connectivity index (χ1) is 6.27. The maximum atomic E-state index is 8.24. The smallest absolute Gasteiger partial charge is 0.0597 e. The van der Waals surface area contributed by atoms with Gasteiger partial charge < -0.3 is 0 Å². The van der Waals surface area contributed by atoms with Gasteiger partial charge in [-0.3, -0.25) is 0 Å². The zero-order valence-corrected chi connectivity index (χ0v) is 8.28. The zero-order valence-electron chi connectivity index (χ0n) is 7.38. The molecule has 13 heavy (non-hydrogen) atoms. The molecular weight excluding hydrogens is 182 g/mol. The van der Waals surface area contributed by atoms with Crippen LogP contribution in [0.1, 0.15) is 24.1 Å². The molecule has 0 N–H and O–H groups in total. The fourth-order valence-electron chi connectivity index (χ4n) is 1.05. The first-order valence-electron chi connectivity index (χ1n) is 4.02. The minimum atomic E-state index is -0.0982. The second-order valence-corrected chi connectivity index (χ2v) is 3.10. The van der Waals surface area contributed by atoms with Crippen molar-refractivity contribution in [1.82, 2.24) is 0 Å². The van der Waals surface area contributed by atoms with Gasteiger partial charge in [-0.15, -0.1) is 0 Å². The van der Waals surface area contributed by atoms with Crippen LogP contribution in [0.5, 0.6) is 0 Å². The molecule has 0 saturated heterocycles. The minimum absolute atomic E-state index is 0.0982. The molecule has 3 nitrogen and oxygen atoms in total. The predicted octanol–water partition coefficient (Wildman–Crippen LogP) is 3.49. The third kappa shape index (κ3) is 2.68. The van der Waals surface area contributed by atoms with Crippen LogP contribution in [-0.4, -0.2) is 0 Å². The Morgan fingerprint density at radius 3 is 2.54 bits per heavy atom. The summed E-state index contributed by atoms with van der Waals surface area (Å²) in [5.41, 5.74) is 10.4. The molecule has 0 aliphatic heterocycles. The lowest BCUT2D eigenvalue weighted by atomic mass is 10.1. The third-order valence-electron chi connectivity index (χ3n) is 1.87. The van der Waals surface area contributed by atoms with Gasteiger partial charge in [-0.1, -0.05) is 36.3 Å². The lowest BCUT2D eigenvalue weighted by Gasteiger charge is -2.04. The van der Waals surface area contributed by atoms with Crippen molar-refractivity contribution in [2.45, 2.75) is 18.7 Å². The molecule has 0 heterocycles. The highest BCUT2D eigenvalue weighted by molar-refractivity contribution is 7.79. The number of nitrogens with zero attached hydrogens (tertiary/aromatic N) is 3. The summed E-state index contributed by atoms with van der Waals surface area (Å²) in [4.78, 5) is 2.76. The molecule has 68 valence electrons. The van der Waals surface area contributed by atoms with E-state index < -0.39 is 0 Å². The summed E-state index contributed by atoms with van der Waals surface area (Å²) < 4.78 is 0. The Bertz CT molecular complexity index is 314. The van der Waals surface area contributed by atoms with Gasteiger partial charge in [0.05, 0.1) is 6.04 Å². The van der Waals surface area contributed by atoms with Crippen LogP contribution in [0.15, 0.2) is 29.4 Å². The monoisotopic (exact) mass is 193 g/mol. The lowest BCUT2D eigenvalue weighted by Crippen LogP contribution is -1.88. The molecule has 0 bridgehead atoms. The summed E-state index contributed by atoms with van der Waals surface area (Å²) in [6.45, 7) is 1.87. The van der Waals surface area contributed by atoms with Gasteiger partial charge >= 0.3 is 0 Å². The molecule has 1 unspecified atom stereocenters. The first kappa shape index (κ1) is 9.96. The molecule has 0 fully saturated rings. The molecule has 1 rings (SSSR count). The van der Waals surface area contributed by atoms with E-state index in [2.05, 4.69) is 22.7 Å². The summed E-state index contributed by atoms with van der Waals surface area (Å²) in [6, 6.07) is 7.81. The van der Waals surface area contributed by atoms with Crippen LogP contribution in [0.2, 0.25) is 0 Å². The third-order valence-corrected chi connectivity index (χ3v) is 2.23. The highest BCUT2D eigenvalue weighted by Gasteiger charge is 2.01. The Morgan fingerprint density at radius 2 is 2.08 bits per heavy atom. The van der Waals surface area contributed by atoms with E-state index in [9.17, 15) is 0 Å². The highest BCUT2D eigenvalue weighted by Crippen LogP contribution is 2.17. The van der Waals surface area contributed by atoms with Crippen molar-refractivity contribution in [3.63, 3.8) is 0 Å². The van der Waals surface area contributed by atoms with Crippen LogP contribution in [-0.2, 0) is 5.75 Å². The fourth-order valence-corrected chi connectivity index (χ4v) is 1.26. The van der Waals surface area contributed by atoms with Gasteiger partial charge in [0.15, 0.2) is 0 Å². The summed E-state index contributed by atoms with van der Waals surface area (Å²) in [7, 11) is 0. The van der Waals surface area contributed by atoms with Gasteiger partial charge in [0.2, 0.25) is 0 Å². The summed E-state index contributed by atoms with van der Waals surface area (Å²) in [5.74, 6) is 0.732. The Hall–Kier alpha value is -1.12. The van der Waals surface area contributed by atoms with Crippen molar-refractivity contribution in [2.24, 2.45) is 5.11 Å². The zero-order chi connectivity index (χ0) is 9.68. The van der Waals surface area contributed by atoms with Gasteiger partial charge in [0, 0.05) is 10.7 Å². The predicted molar refractivity (Wildman–Crippen MR) is 56.7 cm³/mol. The average molecular weight is 193 g/mol. The van der Waals surface area contributed by atoms with E-state index >= 15 is 0 Å². The van der Waals surface area contributed by atoms with Crippen LogP contribution >= 0.6 is 12.6 Å². The van der Waals surface area contributed by atoms with Crippen LogP contribution in [0.3, 0.4) is 0 Å². The minimum Gasteiger partial charge on any atom is -0.175 e. The van der Waals surface area contributed by atoms with E-state index in [0.29, 0.717) is 0 Å². The Morgan fingerprint density at radius 1 is 1.46 bits per heavy atom. The van der Waals surface area contributed by atoms with Crippen molar-refractivity contribution in [3.8, 4) is 0 Å². The van der Waals surface area contributed by atoms with Crippen molar-refractivity contribution in [2.75, 3.05) is 0 Å². The van der Waals surface area contributed by atoms with Crippen LogP contribution in [0.25, 0.3) is 10.4 Å². The molecular formula is C9H11N3S. The molecule has 0 aromatic heterocycles. The Balaban J connectivity index is 2.85. The molecule has 4 heteroatoms. The van der Waals surface area contributed by atoms with Crippen molar-refractivity contribution in [1.29, 1.82) is 0 Å². The van der Waals surface area contributed by atoms with Crippen molar-refractivity contribution < 1.29 is 0 Å². The lowest BCUT2D eigenvalue weighted by molar-refractivity contribution is 0.807. The van der Waals surface area contributed by atoms with E-state index in [0.717, 1.165) is 11.3 Å². The second-order valence-electron chi connectivity index (χ2n) is 2.78. The van der Waals surface area contributed by atoms with E-state index in [1.807, 2.05) is 31.2 Å². The summed E-state index contributed by atoms with van der Waals surface area (Å²) in [6.07, 6.45) is 0. The number of rotatable bonds is 3. The number of hydrogen-bond donors (Lipinski definition) is 1. The number of azide groups is 1. The average Bonchev–Trinajstić information content (AvgIpc) is 2.18. The molecule has 0 saturated carbocycles. The fraction of sp³-hybridized carbons (Fsp3) is 0.333. The number of thiol groups is 1. The van der Waals surface area contributed by atoms with Crippen molar-refractivity contribution in [3.05, 3.63) is 45.8 Å². The molecule has 1 aromatic rings. The Labute approximate surface area is 82.8 Å². The van der Waals surface area contributed by atoms with Gasteiger partial charge in [-0.25, -0.2) is 0 Å². The quantitative estimate of drug-likeness (QED) is 0.330. The maximum Gasteiger partial charge on any atom is 0.0597 e. The first-order valence-corrected chi connectivity index (χ1v) is 4.65. The largest absolute Gasteiger partial charge is 0.175 e. The van der Waals surface area contributed by atoms with Gasteiger partial charge in [-0.2, -0.15) is 12.6 Å². The summed E-state index contributed by atoms with van der Waals surface area (Å²) in [5, 5.41) is 3.61. The topological polar surface area (TPSA) is 48.8 Å². The molecule has 1 aromatic carbocycles. The van der Waals surface area contributed by atoms with E-state index in [1.54, 1.807) is 0 Å². The van der Waals surface area contributed by atoms with Crippen molar-refractivity contribution >= 4 is 12.6 Å². The van der Waals surface area contributed by atoms with Crippen LogP contribution < -0.4 is 0 Å². The maximum absolute atomic E-state index is 8.24. The molecule has 0 spiro atoms. The van der Waals surface area contributed by atoms with Gasteiger partial charge in [-0.05, 0) is 16.7 Å². The number of hydrogen-bond acceptors (Lipinski definition) is 2. The molecule has 1 atom stereocenters. The molecule has 0 radical (unpaired) electrons. The van der Waals surface area contributed by atoms with Gasteiger partial charge in [0.25, 0.3) is 0 Å². The molecule has 0 aliphatic carbocycles. The van der Waals surface area contributed by atoms with Gasteiger partial charge in [0.1, 0.15) is 0 Å². The molecule has 0 amide bonds. The normalized spacial score (nSPS) is 11.8. The van der Waals surface area contributed by atoms with E-state index in [4.69, 9.17) is 5.53 Å². The SMILES string of the molecule is CC(N=[N+]=[N-])c1ccc(CS)cc1. The molecule has 0 aliphatic rings. The van der Waals surface area contributed by atoms with Crippen LogP contribution in [0.4, 0.5) is 0 Å². The van der Waals surface area contributed by atoms with E-state index in [-0.39, 0.29) is 6.04 Å². The summed E-state index contributed by atoms with van der Waals surface area (Å²) >= 11 is 4.16. The van der Waals surface area contributed by atoms with E-state index in [1.165, 1.54) is 5.56 Å². The highest BCUT2D eigenvalue weighted by atomic mass is 32.1. The van der Waals surface area contributed by atoms with Crippen LogP contribution in [0, 0.1) is 0 Å². The standard InChI is InChI=1S/C9H11N3S/c1-7(11-12-10)9-4-2-8(6-13)3-5-9/h2-5,7,13H,6H2,1H3. The second kappa shape index (κ2) is 4.80. The Kier molecular flexibility index (Phi) is 3.68. The number of benzene rings is 1.